The SMILES string of the molecule is CC(C)CCNCC(C)Oc1ccc(F)cc1. The van der Waals surface area contributed by atoms with Crippen molar-refractivity contribution in [3.05, 3.63) is 30.1 Å². The minimum absolute atomic E-state index is 0.0904. The third-order valence-electron chi connectivity index (χ3n) is 2.48. The van der Waals surface area contributed by atoms with Crippen molar-refractivity contribution in [1.82, 2.24) is 5.32 Å². The molecule has 1 rings (SSSR count). The Bertz CT molecular complexity index is 311. The molecule has 1 atom stereocenters. The lowest BCUT2D eigenvalue weighted by Gasteiger charge is -2.15. The minimum atomic E-state index is -0.236. The van der Waals surface area contributed by atoms with Crippen LogP contribution in [0.15, 0.2) is 24.3 Å². The number of nitrogens with one attached hydrogen (secondary N) is 1. The maximum absolute atomic E-state index is 12.7. The molecule has 0 bridgehead atoms. The van der Waals surface area contributed by atoms with Crippen molar-refractivity contribution in [2.75, 3.05) is 13.1 Å². The second kappa shape index (κ2) is 7.28. The molecule has 2 nitrogen and oxygen atoms in total. The van der Waals surface area contributed by atoms with Gasteiger partial charge in [0.25, 0.3) is 0 Å². The van der Waals surface area contributed by atoms with Crippen LogP contribution in [0.1, 0.15) is 27.2 Å². The number of ether oxygens (including phenoxy) is 1. The summed E-state index contributed by atoms with van der Waals surface area (Å²) in [6, 6.07) is 6.13. The summed E-state index contributed by atoms with van der Waals surface area (Å²) in [6.07, 6.45) is 1.26. The van der Waals surface area contributed by atoms with E-state index in [2.05, 4.69) is 19.2 Å². The third kappa shape index (κ3) is 6.27. The molecule has 0 aliphatic heterocycles. The molecule has 1 N–H and O–H groups in total. The standard InChI is InChI=1S/C14H22FNO/c1-11(2)8-9-16-10-12(3)17-14-6-4-13(15)5-7-14/h4-7,11-12,16H,8-10H2,1-3H3. The number of rotatable bonds is 7. The Balaban J connectivity index is 2.20. The van der Waals surface area contributed by atoms with E-state index < -0.39 is 0 Å². The summed E-state index contributed by atoms with van der Waals surface area (Å²) in [5.41, 5.74) is 0. The second-order valence-corrected chi connectivity index (χ2v) is 4.77. The van der Waals surface area contributed by atoms with Gasteiger partial charge in [-0.05, 0) is 50.1 Å². The maximum Gasteiger partial charge on any atom is 0.123 e. The first-order valence-electron chi connectivity index (χ1n) is 6.21. The van der Waals surface area contributed by atoms with Crippen molar-refractivity contribution in [2.24, 2.45) is 5.92 Å². The minimum Gasteiger partial charge on any atom is -0.489 e. The highest BCUT2D eigenvalue weighted by molar-refractivity contribution is 5.22. The van der Waals surface area contributed by atoms with Gasteiger partial charge in [-0.15, -0.1) is 0 Å². The molecule has 1 unspecified atom stereocenters. The Morgan fingerprint density at radius 2 is 1.82 bits per heavy atom. The Labute approximate surface area is 103 Å². The van der Waals surface area contributed by atoms with Crippen LogP contribution in [0.4, 0.5) is 4.39 Å². The van der Waals surface area contributed by atoms with Crippen LogP contribution in [0.5, 0.6) is 5.75 Å². The number of hydrogen-bond acceptors (Lipinski definition) is 2. The molecule has 0 amide bonds. The Hall–Kier alpha value is -1.09. The predicted octanol–water partition coefficient (Wildman–Crippen LogP) is 3.23. The zero-order valence-electron chi connectivity index (χ0n) is 10.9. The molecule has 1 aromatic rings. The fourth-order valence-corrected chi connectivity index (χ4v) is 1.48. The van der Waals surface area contributed by atoms with E-state index in [4.69, 9.17) is 4.74 Å². The molecule has 3 heteroatoms. The van der Waals surface area contributed by atoms with Crippen LogP contribution in [-0.2, 0) is 0 Å². The van der Waals surface area contributed by atoms with E-state index in [0.717, 1.165) is 19.0 Å². The van der Waals surface area contributed by atoms with Gasteiger partial charge in [0.1, 0.15) is 17.7 Å². The van der Waals surface area contributed by atoms with Crippen molar-refractivity contribution < 1.29 is 9.13 Å². The van der Waals surface area contributed by atoms with Crippen LogP contribution in [0.2, 0.25) is 0 Å². The zero-order valence-corrected chi connectivity index (χ0v) is 10.9. The summed E-state index contributed by atoms with van der Waals surface area (Å²) in [7, 11) is 0. The summed E-state index contributed by atoms with van der Waals surface area (Å²) >= 11 is 0. The van der Waals surface area contributed by atoms with Gasteiger partial charge in [0.05, 0.1) is 0 Å². The van der Waals surface area contributed by atoms with Gasteiger partial charge in [-0.25, -0.2) is 4.39 Å². The highest BCUT2D eigenvalue weighted by Crippen LogP contribution is 2.12. The molecular formula is C14H22FNO. The molecule has 96 valence electrons. The molecule has 0 aliphatic carbocycles. The van der Waals surface area contributed by atoms with E-state index in [9.17, 15) is 4.39 Å². The molecule has 0 spiro atoms. The predicted molar refractivity (Wildman–Crippen MR) is 68.8 cm³/mol. The van der Waals surface area contributed by atoms with Gasteiger partial charge in [0.2, 0.25) is 0 Å². The maximum atomic E-state index is 12.7. The molecule has 17 heavy (non-hydrogen) atoms. The first-order valence-corrected chi connectivity index (χ1v) is 6.21. The monoisotopic (exact) mass is 239 g/mol. The van der Waals surface area contributed by atoms with Crippen molar-refractivity contribution in [3.8, 4) is 5.75 Å². The van der Waals surface area contributed by atoms with Crippen LogP contribution in [0.3, 0.4) is 0 Å². The van der Waals surface area contributed by atoms with Gasteiger partial charge >= 0.3 is 0 Å². The van der Waals surface area contributed by atoms with Crippen molar-refractivity contribution in [1.29, 1.82) is 0 Å². The molecule has 1 aromatic carbocycles. The van der Waals surface area contributed by atoms with Crippen LogP contribution in [0, 0.1) is 11.7 Å². The highest BCUT2D eigenvalue weighted by atomic mass is 19.1. The molecule has 0 aromatic heterocycles. The zero-order chi connectivity index (χ0) is 12.7. The van der Waals surface area contributed by atoms with Gasteiger partial charge in [0, 0.05) is 6.54 Å². The highest BCUT2D eigenvalue weighted by Gasteiger charge is 2.03. The molecule has 0 aliphatic rings. The summed E-state index contributed by atoms with van der Waals surface area (Å²) in [6.45, 7) is 8.24. The van der Waals surface area contributed by atoms with E-state index >= 15 is 0 Å². The normalized spacial score (nSPS) is 12.8. The fraction of sp³-hybridized carbons (Fsp3) is 0.571. The van der Waals surface area contributed by atoms with E-state index in [0.29, 0.717) is 5.75 Å². The molecule has 0 heterocycles. The topological polar surface area (TPSA) is 21.3 Å². The smallest absolute Gasteiger partial charge is 0.123 e. The van der Waals surface area contributed by atoms with E-state index in [1.807, 2.05) is 6.92 Å². The van der Waals surface area contributed by atoms with E-state index in [1.165, 1.54) is 18.6 Å². The van der Waals surface area contributed by atoms with Crippen molar-refractivity contribution in [3.63, 3.8) is 0 Å². The van der Waals surface area contributed by atoms with Crippen LogP contribution in [0.25, 0.3) is 0 Å². The van der Waals surface area contributed by atoms with E-state index in [1.54, 1.807) is 12.1 Å². The number of hydrogen-bond donors (Lipinski definition) is 1. The Kier molecular flexibility index (Phi) is 5.98. The Morgan fingerprint density at radius 1 is 1.18 bits per heavy atom. The number of benzene rings is 1. The Morgan fingerprint density at radius 3 is 2.41 bits per heavy atom. The molecule has 0 fully saturated rings. The summed E-state index contributed by atoms with van der Waals surface area (Å²) in [5, 5.41) is 3.35. The molecule has 0 saturated heterocycles. The largest absolute Gasteiger partial charge is 0.489 e. The van der Waals surface area contributed by atoms with Crippen molar-refractivity contribution in [2.45, 2.75) is 33.3 Å². The van der Waals surface area contributed by atoms with Gasteiger partial charge in [0.15, 0.2) is 0 Å². The lowest BCUT2D eigenvalue weighted by molar-refractivity contribution is 0.216. The van der Waals surface area contributed by atoms with Crippen LogP contribution >= 0.6 is 0 Å². The van der Waals surface area contributed by atoms with Gasteiger partial charge in [-0.2, -0.15) is 0 Å². The van der Waals surface area contributed by atoms with Crippen LogP contribution in [-0.4, -0.2) is 19.2 Å². The van der Waals surface area contributed by atoms with Gasteiger partial charge in [-0.3, -0.25) is 0 Å². The summed E-state index contributed by atoms with van der Waals surface area (Å²) < 4.78 is 18.3. The molecule has 0 radical (unpaired) electrons. The quantitative estimate of drug-likeness (QED) is 0.738. The average Bonchev–Trinajstić information content (AvgIpc) is 2.27. The molecular weight excluding hydrogens is 217 g/mol. The van der Waals surface area contributed by atoms with Gasteiger partial charge in [-0.1, -0.05) is 13.8 Å². The van der Waals surface area contributed by atoms with Gasteiger partial charge < -0.3 is 10.1 Å². The third-order valence-corrected chi connectivity index (χ3v) is 2.48. The summed E-state index contributed by atoms with van der Waals surface area (Å²) in [5.74, 6) is 1.19. The first-order chi connectivity index (χ1) is 8.08. The molecule has 0 saturated carbocycles. The summed E-state index contributed by atoms with van der Waals surface area (Å²) in [4.78, 5) is 0. The first kappa shape index (κ1) is 14.0. The van der Waals surface area contributed by atoms with E-state index in [-0.39, 0.29) is 11.9 Å². The number of halogens is 1. The lowest BCUT2D eigenvalue weighted by Crippen LogP contribution is -2.30. The van der Waals surface area contributed by atoms with Crippen LogP contribution < -0.4 is 10.1 Å². The average molecular weight is 239 g/mol. The van der Waals surface area contributed by atoms with Crippen molar-refractivity contribution >= 4 is 0 Å². The lowest BCUT2D eigenvalue weighted by atomic mass is 10.1. The fourth-order valence-electron chi connectivity index (χ4n) is 1.48. The second-order valence-electron chi connectivity index (χ2n) is 4.77.